The van der Waals surface area contributed by atoms with E-state index in [0.717, 1.165) is 43.1 Å². The number of aromatic nitrogens is 1. The van der Waals surface area contributed by atoms with Gasteiger partial charge in [-0.3, -0.25) is 4.90 Å². The minimum absolute atomic E-state index is 0.466. The molecule has 0 bridgehead atoms. The fourth-order valence-corrected chi connectivity index (χ4v) is 4.67. The van der Waals surface area contributed by atoms with Gasteiger partial charge in [0.1, 0.15) is 16.5 Å². The zero-order chi connectivity index (χ0) is 17.8. The summed E-state index contributed by atoms with van der Waals surface area (Å²) < 4.78 is 12.3. The predicted molar refractivity (Wildman–Crippen MR) is 106 cm³/mol. The number of nitrogens with zero attached hydrogens (tertiary/aromatic N) is 2. The summed E-state index contributed by atoms with van der Waals surface area (Å²) in [5.74, 6) is 1.75. The van der Waals surface area contributed by atoms with Crippen LogP contribution in [0.1, 0.15) is 30.3 Å². The van der Waals surface area contributed by atoms with Gasteiger partial charge in [-0.25, -0.2) is 4.98 Å². The first-order valence-electron chi connectivity index (χ1n) is 9.20. The van der Waals surface area contributed by atoms with Gasteiger partial charge in [0.05, 0.1) is 30.0 Å². The van der Waals surface area contributed by atoms with Gasteiger partial charge in [-0.1, -0.05) is 12.1 Å². The Bertz CT molecular complexity index is 814. The number of hydrogen-bond donors (Lipinski definition) is 0. The molecule has 0 N–H and O–H groups in total. The van der Waals surface area contributed by atoms with Crippen LogP contribution in [0.2, 0.25) is 0 Å². The Balaban J connectivity index is 1.31. The molecule has 1 atom stereocenters. The first-order valence-corrected chi connectivity index (χ1v) is 10.0. The number of rotatable bonds is 7. The van der Waals surface area contributed by atoms with Gasteiger partial charge in [0.15, 0.2) is 0 Å². The Morgan fingerprint density at radius 2 is 1.92 bits per heavy atom. The van der Waals surface area contributed by atoms with Crippen LogP contribution in [0.4, 0.5) is 0 Å². The number of thiazole rings is 1. The van der Waals surface area contributed by atoms with E-state index in [1.807, 2.05) is 35.6 Å². The molecule has 0 spiro atoms. The van der Waals surface area contributed by atoms with E-state index < -0.39 is 0 Å². The van der Waals surface area contributed by atoms with Crippen molar-refractivity contribution in [2.45, 2.75) is 25.3 Å². The summed E-state index contributed by atoms with van der Waals surface area (Å²) in [6, 6.07) is 16.7. The molecule has 5 heteroatoms. The first-order chi connectivity index (χ1) is 12.8. The fourth-order valence-electron chi connectivity index (χ4n) is 3.54. The summed E-state index contributed by atoms with van der Waals surface area (Å²) in [5.41, 5.74) is 1.13. The van der Waals surface area contributed by atoms with Crippen LogP contribution in [-0.4, -0.2) is 36.7 Å². The van der Waals surface area contributed by atoms with E-state index in [2.05, 4.69) is 29.2 Å². The van der Waals surface area contributed by atoms with Gasteiger partial charge in [0, 0.05) is 6.54 Å². The maximum Gasteiger partial charge on any atom is 0.119 e. The minimum atomic E-state index is 0.466. The van der Waals surface area contributed by atoms with Gasteiger partial charge in [-0.15, -0.1) is 11.3 Å². The summed E-state index contributed by atoms with van der Waals surface area (Å²) in [7, 11) is 1.67. The molecule has 1 unspecified atom stereocenters. The van der Waals surface area contributed by atoms with Crippen molar-refractivity contribution < 1.29 is 9.47 Å². The first kappa shape index (κ1) is 17.3. The Labute approximate surface area is 158 Å². The second kappa shape index (κ2) is 8.06. The summed E-state index contributed by atoms with van der Waals surface area (Å²) in [6.45, 7) is 2.94. The highest BCUT2D eigenvalue weighted by molar-refractivity contribution is 7.18. The molecule has 4 nitrogen and oxygen atoms in total. The van der Waals surface area contributed by atoms with E-state index in [9.17, 15) is 0 Å². The number of ether oxygens (including phenoxy) is 2. The molecule has 0 aliphatic carbocycles. The van der Waals surface area contributed by atoms with E-state index >= 15 is 0 Å². The molecule has 0 saturated carbocycles. The molecule has 4 rings (SSSR count). The summed E-state index contributed by atoms with van der Waals surface area (Å²) in [4.78, 5) is 7.44. The molecule has 136 valence electrons. The zero-order valence-corrected chi connectivity index (χ0v) is 15.9. The Kier molecular flexibility index (Phi) is 5.37. The van der Waals surface area contributed by atoms with Crippen LogP contribution in [0.5, 0.6) is 11.5 Å². The number of hydrogen-bond acceptors (Lipinski definition) is 5. The second-order valence-corrected chi connectivity index (χ2v) is 7.65. The molecular weight excluding hydrogens is 344 g/mol. The summed E-state index contributed by atoms with van der Waals surface area (Å²) in [5, 5.41) is 1.26. The molecule has 3 aromatic rings. The average molecular weight is 369 g/mol. The standard InChI is InChI=1S/C21H24N2O2S/c1-24-16-9-11-17(12-10-16)25-15-5-14-23-13-4-7-19(23)21-22-18-6-2-3-8-20(18)26-21/h2-3,6,8-12,19H,4-5,7,13-15H2,1H3. The SMILES string of the molecule is COc1ccc(OCCCN2CCCC2c2nc3ccccc3s2)cc1. The van der Waals surface area contributed by atoms with E-state index in [0.29, 0.717) is 6.04 Å². The van der Waals surface area contributed by atoms with Crippen molar-refractivity contribution in [3.8, 4) is 11.5 Å². The lowest BCUT2D eigenvalue weighted by Gasteiger charge is -2.22. The predicted octanol–water partition coefficient (Wildman–Crippen LogP) is 4.91. The molecule has 0 radical (unpaired) electrons. The van der Waals surface area contributed by atoms with Gasteiger partial charge in [0.2, 0.25) is 0 Å². The van der Waals surface area contributed by atoms with Gasteiger partial charge in [-0.05, 0) is 62.2 Å². The Morgan fingerprint density at radius 3 is 2.73 bits per heavy atom. The number of benzene rings is 2. The normalized spacial score (nSPS) is 17.7. The third-order valence-electron chi connectivity index (χ3n) is 4.88. The molecule has 2 heterocycles. The van der Waals surface area contributed by atoms with E-state index in [1.54, 1.807) is 7.11 Å². The third-order valence-corrected chi connectivity index (χ3v) is 6.01. The highest BCUT2D eigenvalue weighted by atomic mass is 32.1. The maximum atomic E-state index is 5.86. The molecule has 0 amide bonds. The largest absolute Gasteiger partial charge is 0.497 e. The lowest BCUT2D eigenvalue weighted by atomic mass is 10.2. The number of methoxy groups -OCH3 is 1. The Morgan fingerprint density at radius 1 is 1.12 bits per heavy atom. The van der Waals surface area contributed by atoms with E-state index in [-0.39, 0.29) is 0 Å². The van der Waals surface area contributed by atoms with Gasteiger partial charge in [0.25, 0.3) is 0 Å². The molecule has 1 aliphatic rings. The fraction of sp³-hybridized carbons (Fsp3) is 0.381. The topological polar surface area (TPSA) is 34.6 Å². The van der Waals surface area contributed by atoms with E-state index in [1.165, 1.54) is 22.5 Å². The molecular formula is C21H24N2O2S. The van der Waals surface area contributed by atoms with E-state index in [4.69, 9.17) is 14.5 Å². The lowest BCUT2D eigenvalue weighted by molar-refractivity contribution is 0.222. The Hall–Kier alpha value is -2.11. The van der Waals surface area contributed by atoms with Crippen molar-refractivity contribution in [2.75, 3.05) is 26.8 Å². The highest BCUT2D eigenvalue weighted by Gasteiger charge is 2.28. The molecule has 1 aliphatic heterocycles. The zero-order valence-electron chi connectivity index (χ0n) is 15.1. The lowest BCUT2D eigenvalue weighted by Crippen LogP contribution is -2.25. The van der Waals surface area contributed by atoms with Crippen molar-refractivity contribution in [1.29, 1.82) is 0 Å². The number of fused-ring (bicyclic) bond motifs is 1. The van der Waals surface area contributed by atoms with Crippen LogP contribution in [0.15, 0.2) is 48.5 Å². The maximum absolute atomic E-state index is 5.86. The van der Waals surface area contributed by atoms with Crippen molar-refractivity contribution in [3.05, 3.63) is 53.5 Å². The average Bonchev–Trinajstić information content (AvgIpc) is 3.32. The van der Waals surface area contributed by atoms with Crippen LogP contribution in [-0.2, 0) is 0 Å². The molecule has 1 aromatic heterocycles. The molecule has 2 aromatic carbocycles. The van der Waals surface area contributed by atoms with Crippen molar-refractivity contribution in [3.63, 3.8) is 0 Å². The van der Waals surface area contributed by atoms with Crippen molar-refractivity contribution >= 4 is 21.6 Å². The van der Waals surface area contributed by atoms with Gasteiger partial charge in [-0.2, -0.15) is 0 Å². The highest BCUT2D eigenvalue weighted by Crippen LogP contribution is 2.36. The quantitative estimate of drug-likeness (QED) is 0.555. The third kappa shape index (κ3) is 3.84. The van der Waals surface area contributed by atoms with Crippen molar-refractivity contribution in [1.82, 2.24) is 9.88 Å². The second-order valence-electron chi connectivity index (χ2n) is 6.59. The molecule has 1 fully saturated rings. The minimum Gasteiger partial charge on any atom is -0.497 e. The number of likely N-dealkylation sites (tertiary alicyclic amines) is 1. The summed E-state index contributed by atoms with van der Waals surface area (Å²) in [6.07, 6.45) is 3.48. The molecule has 26 heavy (non-hydrogen) atoms. The smallest absolute Gasteiger partial charge is 0.119 e. The van der Waals surface area contributed by atoms with Crippen LogP contribution >= 0.6 is 11.3 Å². The van der Waals surface area contributed by atoms with Crippen LogP contribution in [0, 0.1) is 0 Å². The van der Waals surface area contributed by atoms with Gasteiger partial charge < -0.3 is 9.47 Å². The molecule has 1 saturated heterocycles. The van der Waals surface area contributed by atoms with Crippen LogP contribution < -0.4 is 9.47 Å². The number of para-hydroxylation sites is 1. The monoisotopic (exact) mass is 368 g/mol. The van der Waals surface area contributed by atoms with Crippen LogP contribution in [0.3, 0.4) is 0 Å². The van der Waals surface area contributed by atoms with Gasteiger partial charge >= 0.3 is 0 Å². The van der Waals surface area contributed by atoms with Crippen molar-refractivity contribution in [2.24, 2.45) is 0 Å². The van der Waals surface area contributed by atoms with Crippen LogP contribution in [0.25, 0.3) is 10.2 Å². The summed E-state index contributed by atoms with van der Waals surface area (Å²) >= 11 is 1.84.